The normalized spacial score (nSPS) is 10.2. The second-order valence-electron chi connectivity index (χ2n) is 4.06. The van der Waals surface area contributed by atoms with Crippen molar-refractivity contribution in [2.75, 3.05) is 0 Å². The van der Waals surface area contributed by atoms with E-state index in [1.54, 1.807) is 12.1 Å². The molecule has 0 amide bonds. The van der Waals surface area contributed by atoms with Crippen molar-refractivity contribution in [3.8, 4) is 11.5 Å². The smallest absolute Gasteiger partial charge is 0.130 e. The molecule has 0 fully saturated rings. The number of phenolic OH excluding ortho intramolecular Hbond substituents is 1. The maximum absolute atomic E-state index is 9.44. The molecule has 0 saturated carbocycles. The summed E-state index contributed by atoms with van der Waals surface area (Å²) in [7, 11) is 0. The summed E-state index contributed by atoms with van der Waals surface area (Å²) in [6.07, 6.45) is 0. The second-order valence-corrected chi connectivity index (χ2v) is 4.06. The largest absolute Gasteiger partial charge is 0.508 e. The number of aryl methyl sites for hydroxylation is 2. The minimum absolute atomic E-state index is 0.220. The van der Waals surface area contributed by atoms with E-state index in [2.05, 4.69) is 4.98 Å². The molecule has 0 spiro atoms. The minimum atomic E-state index is 0.220. The third-order valence-electron chi connectivity index (χ3n) is 2.37. The summed E-state index contributed by atoms with van der Waals surface area (Å²) in [5.41, 5.74) is 2.82. The zero-order valence-electron chi connectivity index (χ0n) is 9.97. The Labute approximate surface area is 101 Å². The van der Waals surface area contributed by atoms with Crippen LogP contribution in [0.25, 0.3) is 0 Å². The first-order valence-electron chi connectivity index (χ1n) is 5.49. The van der Waals surface area contributed by atoms with Gasteiger partial charge in [0.25, 0.3) is 0 Å². The maximum atomic E-state index is 9.44. The predicted molar refractivity (Wildman–Crippen MR) is 66.1 cm³/mol. The first-order chi connectivity index (χ1) is 8.13. The van der Waals surface area contributed by atoms with Crippen LogP contribution in [-0.4, -0.2) is 10.1 Å². The number of aromatic nitrogens is 1. The zero-order valence-corrected chi connectivity index (χ0v) is 9.97. The highest BCUT2D eigenvalue weighted by Crippen LogP contribution is 2.21. The van der Waals surface area contributed by atoms with Crippen molar-refractivity contribution in [2.24, 2.45) is 0 Å². The summed E-state index contributed by atoms with van der Waals surface area (Å²) in [6.45, 7) is 4.27. The lowest BCUT2D eigenvalue weighted by molar-refractivity contribution is 0.299. The van der Waals surface area contributed by atoms with Crippen molar-refractivity contribution >= 4 is 0 Å². The van der Waals surface area contributed by atoms with Gasteiger partial charge in [0.1, 0.15) is 18.1 Å². The van der Waals surface area contributed by atoms with Crippen LogP contribution in [0.4, 0.5) is 0 Å². The summed E-state index contributed by atoms with van der Waals surface area (Å²) < 4.78 is 5.59. The first-order valence-corrected chi connectivity index (χ1v) is 5.49. The molecule has 0 aliphatic carbocycles. The van der Waals surface area contributed by atoms with Gasteiger partial charge in [0.15, 0.2) is 0 Å². The number of aromatic hydroxyl groups is 1. The molecule has 0 aliphatic heterocycles. The summed E-state index contributed by atoms with van der Waals surface area (Å²) in [5.74, 6) is 0.878. The monoisotopic (exact) mass is 229 g/mol. The quantitative estimate of drug-likeness (QED) is 0.879. The molecule has 0 unspecified atom stereocenters. The van der Waals surface area contributed by atoms with Gasteiger partial charge in [0.05, 0.1) is 5.69 Å². The van der Waals surface area contributed by atoms with Gasteiger partial charge >= 0.3 is 0 Å². The van der Waals surface area contributed by atoms with Gasteiger partial charge in [0.2, 0.25) is 0 Å². The van der Waals surface area contributed by atoms with Crippen LogP contribution in [0.1, 0.15) is 17.0 Å². The van der Waals surface area contributed by atoms with Crippen molar-refractivity contribution in [3.05, 3.63) is 53.3 Å². The van der Waals surface area contributed by atoms with Gasteiger partial charge in [-0.3, -0.25) is 4.98 Å². The van der Waals surface area contributed by atoms with E-state index in [-0.39, 0.29) is 5.75 Å². The van der Waals surface area contributed by atoms with E-state index in [4.69, 9.17) is 4.74 Å². The van der Waals surface area contributed by atoms with Crippen molar-refractivity contribution in [2.45, 2.75) is 20.5 Å². The highest BCUT2D eigenvalue weighted by molar-refractivity contribution is 5.36. The molecule has 0 bridgehead atoms. The summed E-state index contributed by atoms with van der Waals surface area (Å²) in [6, 6.07) is 11.0. The topological polar surface area (TPSA) is 42.4 Å². The van der Waals surface area contributed by atoms with Crippen molar-refractivity contribution < 1.29 is 9.84 Å². The fraction of sp³-hybridized carbons (Fsp3) is 0.214. The Kier molecular flexibility index (Phi) is 3.28. The molecule has 3 heteroatoms. The van der Waals surface area contributed by atoms with E-state index in [1.165, 1.54) is 0 Å². The van der Waals surface area contributed by atoms with E-state index in [9.17, 15) is 5.11 Å². The van der Waals surface area contributed by atoms with Crippen LogP contribution in [-0.2, 0) is 6.61 Å². The second kappa shape index (κ2) is 4.87. The van der Waals surface area contributed by atoms with E-state index >= 15 is 0 Å². The van der Waals surface area contributed by atoms with Gasteiger partial charge < -0.3 is 9.84 Å². The fourth-order valence-corrected chi connectivity index (χ4v) is 1.65. The molecule has 0 saturated heterocycles. The number of rotatable bonds is 3. The molecule has 2 rings (SSSR count). The van der Waals surface area contributed by atoms with Crippen LogP contribution < -0.4 is 4.74 Å². The average Bonchev–Trinajstić information content (AvgIpc) is 2.25. The van der Waals surface area contributed by atoms with Gasteiger partial charge in [-0.15, -0.1) is 0 Å². The maximum Gasteiger partial charge on any atom is 0.130 e. The third kappa shape index (κ3) is 3.21. The molecule has 1 heterocycles. The van der Waals surface area contributed by atoms with E-state index in [0.717, 1.165) is 17.0 Å². The van der Waals surface area contributed by atoms with E-state index in [1.807, 2.05) is 38.1 Å². The Morgan fingerprint density at radius 3 is 2.71 bits per heavy atom. The number of hydrogen-bond acceptors (Lipinski definition) is 3. The van der Waals surface area contributed by atoms with Crippen LogP contribution in [0.15, 0.2) is 36.4 Å². The number of benzene rings is 1. The van der Waals surface area contributed by atoms with Gasteiger partial charge in [-0.1, -0.05) is 6.07 Å². The number of ether oxygens (including phenoxy) is 1. The number of pyridine rings is 1. The standard InChI is InChI=1S/C14H15NO2/c1-10-6-13(16)8-14(7-10)17-9-12-5-3-4-11(2)15-12/h3-8,16H,9H2,1-2H3. The van der Waals surface area contributed by atoms with Crippen molar-refractivity contribution in [3.63, 3.8) is 0 Å². The van der Waals surface area contributed by atoms with Crippen molar-refractivity contribution in [1.29, 1.82) is 0 Å². The van der Waals surface area contributed by atoms with Crippen LogP contribution in [0.3, 0.4) is 0 Å². The third-order valence-corrected chi connectivity index (χ3v) is 2.37. The molecule has 17 heavy (non-hydrogen) atoms. The molecule has 2 aromatic rings. The molecule has 0 aliphatic rings. The van der Waals surface area contributed by atoms with E-state index in [0.29, 0.717) is 12.4 Å². The number of hydrogen-bond donors (Lipinski definition) is 1. The lowest BCUT2D eigenvalue weighted by Gasteiger charge is -2.07. The lowest BCUT2D eigenvalue weighted by atomic mass is 10.2. The molecule has 0 atom stereocenters. The molecule has 1 aromatic carbocycles. The fourth-order valence-electron chi connectivity index (χ4n) is 1.65. The molecule has 88 valence electrons. The molecule has 0 radical (unpaired) electrons. The minimum Gasteiger partial charge on any atom is -0.508 e. The molecular weight excluding hydrogens is 214 g/mol. The predicted octanol–water partition coefficient (Wildman–Crippen LogP) is 2.98. The SMILES string of the molecule is Cc1cc(O)cc(OCc2cccc(C)n2)c1. The number of phenols is 1. The summed E-state index contributed by atoms with van der Waals surface area (Å²) in [4.78, 5) is 4.35. The Hall–Kier alpha value is -2.03. The van der Waals surface area contributed by atoms with Crippen LogP contribution in [0, 0.1) is 13.8 Å². The molecule has 1 N–H and O–H groups in total. The van der Waals surface area contributed by atoms with Crippen LogP contribution in [0.2, 0.25) is 0 Å². The Morgan fingerprint density at radius 1 is 1.18 bits per heavy atom. The highest BCUT2D eigenvalue weighted by Gasteiger charge is 2.00. The number of nitrogens with zero attached hydrogens (tertiary/aromatic N) is 1. The molecule has 1 aromatic heterocycles. The molecular formula is C14H15NO2. The van der Waals surface area contributed by atoms with E-state index < -0.39 is 0 Å². The highest BCUT2D eigenvalue weighted by atomic mass is 16.5. The Balaban J connectivity index is 2.07. The average molecular weight is 229 g/mol. The van der Waals surface area contributed by atoms with Crippen LogP contribution >= 0.6 is 0 Å². The van der Waals surface area contributed by atoms with Gasteiger partial charge in [-0.2, -0.15) is 0 Å². The first kappa shape index (κ1) is 11.5. The zero-order chi connectivity index (χ0) is 12.3. The van der Waals surface area contributed by atoms with Crippen molar-refractivity contribution in [1.82, 2.24) is 4.98 Å². The van der Waals surface area contributed by atoms with Gasteiger partial charge in [-0.25, -0.2) is 0 Å². The molecule has 3 nitrogen and oxygen atoms in total. The van der Waals surface area contributed by atoms with Crippen LogP contribution in [0.5, 0.6) is 11.5 Å². The lowest BCUT2D eigenvalue weighted by Crippen LogP contribution is -1.99. The van der Waals surface area contributed by atoms with Gasteiger partial charge in [-0.05, 0) is 43.7 Å². The Bertz CT molecular complexity index is 503. The van der Waals surface area contributed by atoms with Gasteiger partial charge in [0, 0.05) is 11.8 Å². The summed E-state index contributed by atoms with van der Waals surface area (Å²) in [5, 5.41) is 9.44. The Morgan fingerprint density at radius 2 is 2.00 bits per heavy atom. The summed E-state index contributed by atoms with van der Waals surface area (Å²) >= 11 is 0.